The third-order valence-corrected chi connectivity index (χ3v) is 4.97. The van der Waals surface area contributed by atoms with Gasteiger partial charge in [0.15, 0.2) is 6.10 Å². The van der Waals surface area contributed by atoms with Gasteiger partial charge >= 0.3 is 0 Å². The topological polar surface area (TPSA) is 58.6 Å². The lowest BCUT2D eigenvalue weighted by Crippen LogP contribution is -2.52. The minimum Gasteiger partial charge on any atom is -0.477 e. The Hall–Kier alpha value is -2.89. The van der Waals surface area contributed by atoms with Crippen LogP contribution in [-0.2, 0) is 16.0 Å². The van der Waals surface area contributed by atoms with Gasteiger partial charge in [-0.2, -0.15) is 0 Å². The van der Waals surface area contributed by atoms with E-state index in [-0.39, 0.29) is 36.6 Å². The van der Waals surface area contributed by atoms with E-state index < -0.39 is 6.10 Å². The van der Waals surface area contributed by atoms with Crippen molar-refractivity contribution in [1.29, 1.82) is 0 Å². The molecule has 0 aromatic heterocycles. The lowest BCUT2D eigenvalue weighted by molar-refractivity contribution is -0.129. The van der Waals surface area contributed by atoms with Crippen molar-refractivity contribution in [2.75, 3.05) is 11.4 Å². The molecule has 1 N–H and O–H groups in total. The van der Waals surface area contributed by atoms with E-state index in [1.54, 1.807) is 29.2 Å². The van der Waals surface area contributed by atoms with E-state index in [1.165, 1.54) is 12.1 Å². The number of ether oxygens (including phenoxy) is 1. The average Bonchev–Trinajstić information content (AvgIpc) is 2.72. The zero-order chi connectivity index (χ0) is 20.1. The summed E-state index contributed by atoms with van der Waals surface area (Å²) < 4.78 is 19.0. The molecule has 6 heteroatoms. The van der Waals surface area contributed by atoms with Crippen LogP contribution in [-0.4, -0.2) is 30.5 Å². The number of benzene rings is 2. The van der Waals surface area contributed by atoms with Crippen LogP contribution < -0.4 is 15.0 Å². The van der Waals surface area contributed by atoms with Crippen molar-refractivity contribution < 1.29 is 18.7 Å². The van der Waals surface area contributed by atoms with Crippen LogP contribution in [0.15, 0.2) is 48.5 Å². The number of anilines is 1. The van der Waals surface area contributed by atoms with Gasteiger partial charge in [0.05, 0.1) is 18.7 Å². The highest BCUT2D eigenvalue weighted by molar-refractivity contribution is 5.98. The summed E-state index contributed by atoms with van der Waals surface area (Å²) in [6.45, 7) is 4.18. The predicted octanol–water partition coefficient (Wildman–Crippen LogP) is 3.47. The Morgan fingerprint density at radius 1 is 1.14 bits per heavy atom. The highest BCUT2D eigenvalue weighted by Gasteiger charge is 2.34. The molecule has 28 heavy (non-hydrogen) atoms. The number of hydrogen-bond donors (Lipinski definition) is 1. The molecule has 2 aromatic rings. The second kappa shape index (κ2) is 8.87. The van der Waals surface area contributed by atoms with E-state index in [2.05, 4.69) is 5.32 Å². The molecule has 0 aliphatic carbocycles. The van der Waals surface area contributed by atoms with Crippen LogP contribution in [0.4, 0.5) is 10.1 Å². The highest BCUT2D eigenvalue weighted by Crippen LogP contribution is 2.33. The zero-order valence-electron chi connectivity index (χ0n) is 16.2. The maximum Gasteiger partial charge on any atom is 0.263 e. The summed E-state index contributed by atoms with van der Waals surface area (Å²) >= 11 is 0. The van der Waals surface area contributed by atoms with Crippen LogP contribution in [0.5, 0.6) is 5.75 Å². The fraction of sp³-hybridized carbons (Fsp3) is 0.364. The monoisotopic (exact) mass is 384 g/mol. The van der Waals surface area contributed by atoms with E-state index in [1.807, 2.05) is 26.0 Å². The molecule has 0 saturated heterocycles. The second-order valence-electron chi connectivity index (χ2n) is 6.90. The van der Waals surface area contributed by atoms with Crippen molar-refractivity contribution in [3.8, 4) is 5.75 Å². The molecule has 0 fully saturated rings. The molecular formula is C22H25FN2O3. The molecule has 1 aliphatic rings. The maximum atomic E-state index is 13.1. The molecule has 1 atom stereocenters. The molecule has 0 saturated carbocycles. The molecule has 0 radical (unpaired) electrons. The van der Waals surface area contributed by atoms with E-state index in [0.717, 1.165) is 12.8 Å². The lowest BCUT2D eigenvalue weighted by atomic mass is 10.1. The highest BCUT2D eigenvalue weighted by atomic mass is 19.1. The van der Waals surface area contributed by atoms with Gasteiger partial charge in [-0.1, -0.05) is 38.1 Å². The van der Waals surface area contributed by atoms with Crippen molar-refractivity contribution in [3.63, 3.8) is 0 Å². The van der Waals surface area contributed by atoms with Crippen LogP contribution in [0.1, 0.15) is 32.3 Å². The SMILES string of the molecule is CCC(CC)NC(=O)C1CN(C(=O)Cc2ccc(F)cc2)c2ccccc2O1. The summed E-state index contributed by atoms with van der Waals surface area (Å²) in [7, 11) is 0. The molecule has 2 amide bonds. The number of para-hydroxylation sites is 2. The number of nitrogens with one attached hydrogen (secondary N) is 1. The van der Waals surface area contributed by atoms with Gasteiger partial charge in [-0.25, -0.2) is 4.39 Å². The normalized spacial score (nSPS) is 15.7. The van der Waals surface area contributed by atoms with Crippen LogP contribution in [0.3, 0.4) is 0 Å². The van der Waals surface area contributed by atoms with Gasteiger partial charge < -0.3 is 15.0 Å². The largest absolute Gasteiger partial charge is 0.477 e. The number of carbonyl (C=O) groups is 2. The number of rotatable bonds is 6. The molecule has 148 valence electrons. The number of halogens is 1. The first kappa shape index (κ1) is 19.9. The predicted molar refractivity (Wildman–Crippen MR) is 106 cm³/mol. The van der Waals surface area contributed by atoms with Crippen molar-refractivity contribution in [3.05, 3.63) is 59.9 Å². The van der Waals surface area contributed by atoms with Gasteiger partial charge in [-0.15, -0.1) is 0 Å². The average molecular weight is 384 g/mol. The molecule has 1 unspecified atom stereocenters. The second-order valence-corrected chi connectivity index (χ2v) is 6.90. The summed E-state index contributed by atoms with van der Waals surface area (Å²) in [6, 6.07) is 13.1. The Morgan fingerprint density at radius 3 is 2.50 bits per heavy atom. The first-order chi connectivity index (χ1) is 13.5. The maximum absolute atomic E-state index is 13.1. The van der Waals surface area contributed by atoms with E-state index >= 15 is 0 Å². The van der Waals surface area contributed by atoms with Crippen LogP contribution in [0.2, 0.25) is 0 Å². The summed E-state index contributed by atoms with van der Waals surface area (Å²) in [5, 5.41) is 2.99. The number of nitrogens with zero attached hydrogens (tertiary/aromatic N) is 1. The summed E-state index contributed by atoms with van der Waals surface area (Å²) in [4.78, 5) is 27.2. The van der Waals surface area contributed by atoms with E-state index in [4.69, 9.17) is 4.74 Å². The van der Waals surface area contributed by atoms with Crippen molar-refractivity contribution in [1.82, 2.24) is 5.32 Å². The summed E-state index contributed by atoms with van der Waals surface area (Å²) in [5.74, 6) is -0.220. The molecule has 5 nitrogen and oxygen atoms in total. The Bertz CT molecular complexity index is 834. The molecular weight excluding hydrogens is 359 g/mol. The minimum absolute atomic E-state index is 0.0802. The molecule has 1 heterocycles. The van der Waals surface area contributed by atoms with Crippen LogP contribution >= 0.6 is 0 Å². The van der Waals surface area contributed by atoms with Crippen LogP contribution in [0, 0.1) is 5.82 Å². The molecule has 1 aliphatic heterocycles. The quantitative estimate of drug-likeness (QED) is 0.830. The van der Waals surface area contributed by atoms with Gasteiger partial charge in [0.25, 0.3) is 5.91 Å². The number of amides is 2. The first-order valence-corrected chi connectivity index (χ1v) is 9.62. The van der Waals surface area contributed by atoms with Gasteiger partial charge in [0, 0.05) is 6.04 Å². The Morgan fingerprint density at radius 2 is 1.82 bits per heavy atom. The summed E-state index contributed by atoms with van der Waals surface area (Å²) in [5.41, 5.74) is 1.36. The fourth-order valence-corrected chi connectivity index (χ4v) is 3.27. The number of fused-ring (bicyclic) bond motifs is 1. The van der Waals surface area contributed by atoms with Gasteiger partial charge in [0.1, 0.15) is 11.6 Å². The molecule has 2 aromatic carbocycles. The van der Waals surface area contributed by atoms with Gasteiger partial charge in [-0.3, -0.25) is 9.59 Å². The first-order valence-electron chi connectivity index (χ1n) is 9.62. The molecule has 3 rings (SSSR count). The Balaban J connectivity index is 1.79. The molecule has 0 bridgehead atoms. The van der Waals surface area contributed by atoms with E-state index in [0.29, 0.717) is 17.0 Å². The standard InChI is InChI=1S/C22H25FN2O3/c1-3-17(4-2)24-22(27)20-14-25(18-7-5-6-8-19(18)28-20)21(26)13-15-9-11-16(23)12-10-15/h5-12,17,20H,3-4,13-14H2,1-2H3,(H,24,27). The van der Waals surface area contributed by atoms with Gasteiger partial charge in [0.2, 0.25) is 5.91 Å². The van der Waals surface area contributed by atoms with Gasteiger partial charge in [-0.05, 0) is 42.7 Å². The number of carbonyl (C=O) groups excluding carboxylic acids is 2. The van der Waals surface area contributed by atoms with Crippen molar-refractivity contribution >= 4 is 17.5 Å². The lowest BCUT2D eigenvalue weighted by Gasteiger charge is -2.34. The third kappa shape index (κ3) is 4.50. The third-order valence-electron chi connectivity index (χ3n) is 4.97. The van der Waals surface area contributed by atoms with Crippen molar-refractivity contribution in [2.24, 2.45) is 0 Å². The number of hydrogen-bond acceptors (Lipinski definition) is 3. The Labute approximate surface area is 164 Å². The van der Waals surface area contributed by atoms with Crippen LogP contribution in [0.25, 0.3) is 0 Å². The van der Waals surface area contributed by atoms with Crippen molar-refractivity contribution in [2.45, 2.75) is 45.3 Å². The fourth-order valence-electron chi connectivity index (χ4n) is 3.27. The summed E-state index contributed by atoms with van der Waals surface area (Å²) in [6.07, 6.45) is 1.01. The minimum atomic E-state index is -0.771. The zero-order valence-corrected chi connectivity index (χ0v) is 16.2. The van der Waals surface area contributed by atoms with E-state index in [9.17, 15) is 14.0 Å². The Kier molecular flexibility index (Phi) is 6.29. The molecule has 0 spiro atoms. The smallest absolute Gasteiger partial charge is 0.263 e.